The Morgan fingerprint density at radius 3 is 2.87 bits per heavy atom. The zero-order valence-corrected chi connectivity index (χ0v) is 17.2. The van der Waals surface area contributed by atoms with Crippen LogP contribution in [0.1, 0.15) is 30.2 Å². The number of hydrogen-bond donors (Lipinski definition) is 1. The number of H-pyrrole nitrogens is 1. The summed E-state index contributed by atoms with van der Waals surface area (Å²) in [5, 5.41) is 0. The van der Waals surface area contributed by atoms with Crippen LogP contribution in [-0.2, 0) is 25.0 Å². The zero-order valence-electron chi connectivity index (χ0n) is 16.3. The number of phosphoric acid groups is 1. The number of terminal acetylenes is 1. The zero-order chi connectivity index (χ0) is 21.7. The summed E-state index contributed by atoms with van der Waals surface area (Å²) in [6.07, 6.45) is 6.58. The van der Waals surface area contributed by atoms with Crippen LogP contribution in [0.4, 0.5) is 0 Å². The van der Waals surface area contributed by atoms with Gasteiger partial charge in [0.25, 0.3) is 5.56 Å². The summed E-state index contributed by atoms with van der Waals surface area (Å²) in [5.74, 6) is 2.69. The smallest absolute Gasteiger partial charge is 0.404 e. The first kappa shape index (κ1) is 22.1. The van der Waals surface area contributed by atoms with Gasteiger partial charge >= 0.3 is 13.5 Å². The van der Waals surface area contributed by atoms with Crippen LogP contribution in [0.15, 0.2) is 40.1 Å². The summed E-state index contributed by atoms with van der Waals surface area (Å²) >= 11 is 0. The van der Waals surface area contributed by atoms with E-state index in [0.717, 1.165) is 5.56 Å². The molecule has 0 bridgehead atoms. The Morgan fingerprint density at radius 2 is 2.10 bits per heavy atom. The van der Waals surface area contributed by atoms with E-state index in [1.165, 1.54) is 17.6 Å². The number of phosphoric ester groups is 1. The number of aromatic amines is 1. The Hall–Kier alpha value is -2.57. The van der Waals surface area contributed by atoms with Crippen molar-refractivity contribution < 1.29 is 22.9 Å². The fourth-order valence-electron chi connectivity index (χ4n) is 3.06. The molecule has 9 nitrogen and oxygen atoms in total. The summed E-state index contributed by atoms with van der Waals surface area (Å²) < 4.78 is 35.7. The highest BCUT2D eigenvalue weighted by molar-refractivity contribution is 7.49. The Kier molecular flexibility index (Phi) is 7.00. The van der Waals surface area contributed by atoms with Crippen molar-refractivity contribution in [1.29, 1.82) is 0 Å². The molecule has 4 rings (SSSR count). The highest BCUT2D eigenvalue weighted by Gasteiger charge is 2.36. The first-order chi connectivity index (χ1) is 14.5. The lowest BCUT2D eigenvalue weighted by molar-refractivity contribution is -0.0264. The predicted molar refractivity (Wildman–Crippen MR) is 109 cm³/mol. The molecule has 0 aliphatic carbocycles. The molecule has 0 spiro atoms. The number of fused-ring (bicyclic) bond motifs is 1. The van der Waals surface area contributed by atoms with E-state index in [0.29, 0.717) is 18.6 Å². The van der Waals surface area contributed by atoms with Gasteiger partial charge in [-0.05, 0) is 18.9 Å². The highest BCUT2D eigenvalue weighted by atomic mass is 31.2. The number of aromatic nitrogens is 2. The van der Waals surface area contributed by atoms with Gasteiger partial charge in [-0.3, -0.25) is 23.4 Å². The molecule has 2 aliphatic rings. The predicted octanol–water partition coefficient (Wildman–Crippen LogP) is 2.13. The van der Waals surface area contributed by atoms with E-state index in [1.807, 2.05) is 12.1 Å². The van der Waals surface area contributed by atoms with Crippen molar-refractivity contribution in [3.8, 4) is 18.1 Å². The van der Waals surface area contributed by atoms with Crippen LogP contribution in [0.3, 0.4) is 0 Å². The van der Waals surface area contributed by atoms with Crippen LogP contribution in [0, 0.1) is 12.3 Å². The summed E-state index contributed by atoms with van der Waals surface area (Å²) in [6.45, 7) is 1.60. The molecule has 1 aromatic heterocycles. The molecular weight excluding hydrogens is 410 g/mol. The van der Waals surface area contributed by atoms with Gasteiger partial charge in [0.2, 0.25) is 0 Å². The van der Waals surface area contributed by atoms with Crippen LogP contribution in [-0.4, -0.2) is 30.1 Å². The lowest BCUT2D eigenvalue weighted by Crippen LogP contribution is -2.33. The second kappa shape index (κ2) is 9.50. The number of rotatable bonds is 4. The van der Waals surface area contributed by atoms with Gasteiger partial charge in [0.05, 0.1) is 27.2 Å². The monoisotopic (exact) mass is 430 g/mol. The molecule has 1 saturated heterocycles. The molecule has 3 heterocycles. The largest absolute Gasteiger partial charge is 0.530 e. The van der Waals surface area contributed by atoms with Crippen LogP contribution < -0.4 is 15.8 Å². The standard InChI is InChI=1S/C18H17N2O7P.CH3B/c1-2-12-9-20(18(22)19-17(12)21)16-8-7-14(26-16)11-25-28(23)24-10-13-5-3-4-6-15(13)27-28;1-2/h1,3-6,9,14,16H,7-8,10-11H2,(H,19,21,22);1H3. The fourth-order valence-corrected chi connectivity index (χ4v) is 4.31. The topological polar surface area (TPSA) is 109 Å². The van der Waals surface area contributed by atoms with Crippen molar-refractivity contribution >= 4 is 15.7 Å². The Bertz CT molecular complexity index is 1110. The number of hydrogen-bond acceptors (Lipinski definition) is 7. The molecule has 0 saturated carbocycles. The Balaban J connectivity index is 0.00000124. The minimum atomic E-state index is -3.74. The number of nitrogens with one attached hydrogen (secondary N) is 1. The van der Waals surface area contributed by atoms with Crippen molar-refractivity contribution in [1.82, 2.24) is 9.55 Å². The van der Waals surface area contributed by atoms with Gasteiger partial charge in [0.15, 0.2) is 0 Å². The van der Waals surface area contributed by atoms with E-state index in [1.54, 1.807) is 12.1 Å². The first-order valence-corrected chi connectivity index (χ1v) is 10.7. The molecule has 0 amide bonds. The van der Waals surface area contributed by atoms with Crippen molar-refractivity contribution in [2.45, 2.75) is 38.6 Å². The van der Waals surface area contributed by atoms with Crippen LogP contribution >= 0.6 is 7.82 Å². The average Bonchev–Trinajstić information content (AvgIpc) is 3.23. The summed E-state index contributed by atoms with van der Waals surface area (Å²) in [4.78, 5) is 25.8. The second-order valence-electron chi connectivity index (χ2n) is 6.36. The van der Waals surface area contributed by atoms with Crippen LogP contribution in [0.2, 0.25) is 6.82 Å². The number of nitrogens with zero attached hydrogens (tertiary/aromatic N) is 1. The Morgan fingerprint density at radius 1 is 1.33 bits per heavy atom. The maximum Gasteiger partial charge on any atom is 0.530 e. The average molecular weight is 430 g/mol. The minimum Gasteiger partial charge on any atom is -0.404 e. The third-order valence-electron chi connectivity index (χ3n) is 4.50. The molecule has 30 heavy (non-hydrogen) atoms. The Labute approximate surface area is 174 Å². The van der Waals surface area contributed by atoms with Crippen molar-refractivity contribution in [3.05, 3.63) is 62.4 Å². The van der Waals surface area contributed by atoms with Gasteiger partial charge in [-0.2, -0.15) is 0 Å². The summed E-state index contributed by atoms with van der Waals surface area (Å²) in [6, 6.07) is 7.11. The van der Waals surface area contributed by atoms with Gasteiger partial charge in [0.1, 0.15) is 17.5 Å². The normalized spacial score (nSPS) is 24.7. The molecule has 11 heteroatoms. The molecule has 1 N–H and O–H groups in total. The number of benzene rings is 1. The lowest BCUT2D eigenvalue weighted by Gasteiger charge is -2.25. The van der Waals surface area contributed by atoms with Crippen LogP contribution in [0.5, 0.6) is 5.75 Å². The maximum atomic E-state index is 12.6. The minimum absolute atomic E-state index is 0.0317. The number of para-hydroxylation sites is 1. The molecular formula is C19H20BN2O7P. The van der Waals surface area contributed by atoms with Crippen LogP contribution in [0.25, 0.3) is 0 Å². The van der Waals surface area contributed by atoms with Gasteiger partial charge in [0, 0.05) is 11.8 Å². The van der Waals surface area contributed by atoms with E-state index in [9.17, 15) is 14.2 Å². The molecule has 2 aliphatic heterocycles. The molecule has 3 atom stereocenters. The summed E-state index contributed by atoms with van der Waals surface area (Å²) in [5.41, 5.74) is -0.406. The molecule has 1 fully saturated rings. The van der Waals surface area contributed by atoms with E-state index in [-0.39, 0.29) is 18.8 Å². The van der Waals surface area contributed by atoms with Gasteiger partial charge in [-0.1, -0.05) is 30.9 Å². The number of ether oxygens (including phenoxy) is 1. The molecule has 2 radical (unpaired) electrons. The third-order valence-corrected chi connectivity index (χ3v) is 5.83. The van der Waals surface area contributed by atoms with E-state index < -0.39 is 31.4 Å². The van der Waals surface area contributed by atoms with Crippen molar-refractivity contribution in [3.63, 3.8) is 0 Å². The second-order valence-corrected chi connectivity index (χ2v) is 7.95. The van der Waals surface area contributed by atoms with Gasteiger partial charge < -0.3 is 9.26 Å². The van der Waals surface area contributed by atoms with Crippen molar-refractivity contribution in [2.75, 3.05) is 6.61 Å². The third kappa shape index (κ3) is 4.77. The van der Waals surface area contributed by atoms with Gasteiger partial charge in [-0.15, -0.1) is 6.42 Å². The van der Waals surface area contributed by atoms with E-state index >= 15 is 0 Å². The van der Waals surface area contributed by atoms with Crippen molar-refractivity contribution in [2.24, 2.45) is 0 Å². The van der Waals surface area contributed by atoms with E-state index in [2.05, 4.69) is 18.8 Å². The fraction of sp³-hybridized carbons (Fsp3) is 0.368. The summed E-state index contributed by atoms with van der Waals surface area (Å²) in [7, 11) is 0.759. The maximum absolute atomic E-state index is 12.6. The highest BCUT2D eigenvalue weighted by Crippen LogP contribution is 2.54. The molecule has 156 valence electrons. The van der Waals surface area contributed by atoms with E-state index in [4.69, 9.17) is 24.7 Å². The molecule has 2 aromatic rings. The quantitative estimate of drug-likeness (QED) is 0.450. The lowest BCUT2D eigenvalue weighted by atomic mass is 10.2. The SMILES string of the molecule is C#Cc1cn(C2CCC(COP3(=O)OCc4ccccc4O3)O2)c(=O)[nH]c1=O.[B]C. The van der Waals surface area contributed by atoms with Gasteiger partial charge in [-0.25, -0.2) is 9.36 Å². The first-order valence-electron chi connectivity index (χ1n) is 9.19. The molecule has 3 unspecified atom stereocenters. The molecule has 1 aromatic carbocycles.